The van der Waals surface area contributed by atoms with E-state index in [4.69, 9.17) is 4.52 Å². The van der Waals surface area contributed by atoms with Gasteiger partial charge in [-0.2, -0.15) is 4.98 Å². The largest absolute Gasteiger partial charge is 0.339 e. The molecule has 0 aliphatic carbocycles. The van der Waals surface area contributed by atoms with E-state index in [-0.39, 0.29) is 5.91 Å². The Bertz CT molecular complexity index is 595. The highest BCUT2D eigenvalue weighted by Crippen LogP contribution is 2.20. The Morgan fingerprint density at radius 3 is 2.84 bits per heavy atom. The Labute approximate surface area is 119 Å². The van der Waals surface area contributed by atoms with E-state index >= 15 is 0 Å². The maximum atomic E-state index is 11.8. The van der Waals surface area contributed by atoms with Crippen molar-refractivity contribution in [3.8, 4) is 0 Å². The zero-order chi connectivity index (χ0) is 13.8. The van der Waals surface area contributed by atoms with Gasteiger partial charge in [0.15, 0.2) is 5.82 Å². The summed E-state index contributed by atoms with van der Waals surface area (Å²) in [4.78, 5) is 15.8. The van der Waals surface area contributed by atoms with Crippen molar-refractivity contribution in [1.29, 1.82) is 0 Å². The molecule has 1 aromatic carbocycles. The lowest BCUT2D eigenvalue weighted by atomic mass is 10.2. The topological polar surface area (TPSA) is 68.0 Å². The molecule has 0 radical (unpaired) electrons. The van der Waals surface area contributed by atoms with Crippen LogP contribution in [0.5, 0.6) is 0 Å². The summed E-state index contributed by atoms with van der Waals surface area (Å²) >= 11 is 3.42. The molecule has 1 aromatic heterocycles. The molecule has 6 heteroatoms. The molecule has 0 spiro atoms. The highest BCUT2D eigenvalue weighted by molar-refractivity contribution is 9.10. The van der Waals surface area contributed by atoms with Crippen LogP contribution in [0.4, 0.5) is 5.69 Å². The van der Waals surface area contributed by atoms with Gasteiger partial charge >= 0.3 is 0 Å². The first kappa shape index (κ1) is 13.7. The minimum Gasteiger partial charge on any atom is -0.339 e. The molecule has 0 saturated heterocycles. The van der Waals surface area contributed by atoms with E-state index in [1.54, 1.807) is 6.92 Å². The normalized spacial score (nSPS) is 10.5. The molecule has 5 nitrogen and oxygen atoms in total. The lowest BCUT2D eigenvalue weighted by molar-refractivity contribution is -0.116. The molecule has 0 atom stereocenters. The van der Waals surface area contributed by atoms with Gasteiger partial charge < -0.3 is 9.84 Å². The zero-order valence-electron chi connectivity index (χ0n) is 10.7. The molecule has 1 heterocycles. The van der Waals surface area contributed by atoms with Gasteiger partial charge in [-0.1, -0.05) is 21.1 Å². The number of hydrogen-bond donors (Lipinski definition) is 1. The number of nitrogens with zero attached hydrogens (tertiary/aromatic N) is 2. The van der Waals surface area contributed by atoms with E-state index in [0.717, 1.165) is 15.7 Å². The van der Waals surface area contributed by atoms with Crippen LogP contribution in [-0.2, 0) is 11.2 Å². The van der Waals surface area contributed by atoms with Crippen LogP contribution >= 0.6 is 15.9 Å². The smallest absolute Gasteiger partial charge is 0.227 e. The van der Waals surface area contributed by atoms with Crippen molar-refractivity contribution < 1.29 is 9.32 Å². The molecular formula is C13H14BrN3O2. The quantitative estimate of drug-likeness (QED) is 0.939. The minimum absolute atomic E-state index is 0.0717. The third-order valence-corrected chi connectivity index (χ3v) is 3.47. The molecule has 0 fully saturated rings. The summed E-state index contributed by atoms with van der Waals surface area (Å²) in [6.07, 6.45) is 0.763. The second-order valence-electron chi connectivity index (χ2n) is 4.25. The van der Waals surface area contributed by atoms with E-state index in [1.165, 1.54) is 0 Å². The summed E-state index contributed by atoms with van der Waals surface area (Å²) in [6.45, 7) is 3.72. The van der Waals surface area contributed by atoms with E-state index < -0.39 is 0 Å². The van der Waals surface area contributed by atoms with Crippen LogP contribution in [0, 0.1) is 13.8 Å². The second-order valence-corrected chi connectivity index (χ2v) is 5.10. The van der Waals surface area contributed by atoms with Crippen LogP contribution in [0.1, 0.15) is 23.7 Å². The SMILES string of the molecule is Cc1noc(CCC(=O)Nc2ccc(Br)c(C)c2)n1. The number of nitrogens with one attached hydrogen (secondary N) is 1. The molecule has 0 saturated carbocycles. The third-order valence-electron chi connectivity index (χ3n) is 2.58. The minimum atomic E-state index is -0.0717. The highest BCUT2D eigenvalue weighted by Gasteiger charge is 2.08. The molecule has 0 aliphatic rings. The maximum absolute atomic E-state index is 11.8. The first-order valence-corrected chi connectivity index (χ1v) is 6.69. The predicted molar refractivity (Wildman–Crippen MR) is 74.9 cm³/mol. The van der Waals surface area contributed by atoms with Crippen LogP contribution in [-0.4, -0.2) is 16.0 Å². The number of aryl methyl sites for hydroxylation is 3. The lowest BCUT2D eigenvalue weighted by Gasteiger charge is -2.06. The molecule has 100 valence electrons. The Hall–Kier alpha value is -1.69. The van der Waals surface area contributed by atoms with Crippen molar-refractivity contribution in [3.63, 3.8) is 0 Å². The number of rotatable bonds is 4. The molecule has 0 aliphatic heterocycles. The maximum Gasteiger partial charge on any atom is 0.227 e. The van der Waals surface area contributed by atoms with E-state index in [2.05, 4.69) is 31.4 Å². The Morgan fingerprint density at radius 1 is 1.42 bits per heavy atom. The molecule has 2 aromatic rings. The number of amides is 1. The number of aromatic nitrogens is 2. The van der Waals surface area contributed by atoms with E-state index in [0.29, 0.717) is 24.6 Å². The summed E-state index contributed by atoms with van der Waals surface area (Å²) < 4.78 is 5.97. The fourth-order valence-corrected chi connectivity index (χ4v) is 1.85. The van der Waals surface area contributed by atoms with Crippen LogP contribution in [0.25, 0.3) is 0 Å². The molecular weight excluding hydrogens is 310 g/mol. The third kappa shape index (κ3) is 3.89. The van der Waals surface area contributed by atoms with Gasteiger partial charge in [-0.15, -0.1) is 0 Å². The number of benzene rings is 1. The first-order chi connectivity index (χ1) is 9.04. The molecule has 0 unspecified atom stereocenters. The van der Waals surface area contributed by atoms with Crippen LogP contribution in [0.15, 0.2) is 27.2 Å². The Morgan fingerprint density at radius 2 is 2.21 bits per heavy atom. The fourth-order valence-electron chi connectivity index (χ4n) is 1.61. The zero-order valence-corrected chi connectivity index (χ0v) is 12.3. The number of halogens is 1. The summed E-state index contributed by atoms with van der Waals surface area (Å²) in [7, 11) is 0. The van der Waals surface area contributed by atoms with E-state index in [1.807, 2.05) is 25.1 Å². The highest BCUT2D eigenvalue weighted by atomic mass is 79.9. The monoisotopic (exact) mass is 323 g/mol. The average molecular weight is 324 g/mol. The average Bonchev–Trinajstić information content (AvgIpc) is 2.77. The van der Waals surface area contributed by atoms with Crippen LogP contribution in [0.2, 0.25) is 0 Å². The fraction of sp³-hybridized carbons (Fsp3) is 0.308. The summed E-state index contributed by atoms with van der Waals surface area (Å²) in [5.74, 6) is 0.996. The molecule has 1 N–H and O–H groups in total. The Kier molecular flexibility index (Phi) is 4.31. The summed E-state index contributed by atoms with van der Waals surface area (Å²) in [5.41, 5.74) is 1.86. The van der Waals surface area contributed by atoms with Gasteiger partial charge in [-0.3, -0.25) is 4.79 Å². The molecule has 0 bridgehead atoms. The van der Waals surface area contributed by atoms with E-state index in [9.17, 15) is 4.79 Å². The van der Waals surface area contributed by atoms with Gasteiger partial charge in [0.1, 0.15) is 0 Å². The Balaban J connectivity index is 1.88. The van der Waals surface area contributed by atoms with Crippen molar-refractivity contribution in [1.82, 2.24) is 10.1 Å². The summed E-state index contributed by atoms with van der Waals surface area (Å²) in [5, 5.41) is 6.51. The number of hydrogen-bond acceptors (Lipinski definition) is 4. The van der Waals surface area contributed by atoms with Crippen molar-refractivity contribution >= 4 is 27.5 Å². The molecule has 19 heavy (non-hydrogen) atoms. The van der Waals surface area contributed by atoms with Gasteiger partial charge in [0.2, 0.25) is 11.8 Å². The number of anilines is 1. The van der Waals surface area contributed by atoms with Gasteiger partial charge in [-0.05, 0) is 37.6 Å². The van der Waals surface area contributed by atoms with Crippen LogP contribution in [0.3, 0.4) is 0 Å². The number of carbonyl (C=O) groups excluding carboxylic acids is 1. The van der Waals surface area contributed by atoms with Crippen molar-refractivity contribution in [2.24, 2.45) is 0 Å². The van der Waals surface area contributed by atoms with Gasteiger partial charge in [-0.25, -0.2) is 0 Å². The van der Waals surface area contributed by atoms with Crippen LogP contribution < -0.4 is 5.32 Å². The first-order valence-electron chi connectivity index (χ1n) is 5.90. The lowest BCUT2D eigenvalue weighted by Crippen LogP contribution is -2.12. The van der Waals surface area contributed by atoms with Crippen molar-refractivity contribution in [2.75, 3.05) is 5.32 Å². The number of carbonyl (C=O) groups is 1. The summed E-state index contributed by atoms with van der Waals surface area (Å²) in [6, 6.07) is 5.68. The van der Waals surface area contributed by atoms with Gasteiger partial charge in [0.05, 0.1) is 0 Å². The van der Waals surface area contributed by atoms with Gasteiger partial charge in [0, 0.05) is 23.0 Å². The standard InChI is InChI=1S/C13H14BrN3O2/c1-8-7-10(3-4-11(8)14)16-12(18)5-6-13-15-9(2)17-19-13/h3-4,7H,5-6H2,1-2H3,(H,16,18). The molecule has 1 amide bonds. The predicted octanol–water partition coefficient (Wildman–Crippen LogP) is 3.02. The van der Waals surface area contributed by atoms with Crippen molar-refractivity contribution in [2.45, 2.75) is 26.7 Å². The van der Waals surface area contributed by atoms with Crippen molar-refractivity contribution in [3.05, 3.63) is 40.0 Å². The second kappa shape index (κ2) is 5.97. The van der Waals surface area contributed by atoms with Gasteiger partial charge in [0.25, 0.3) is 0 Å². The molecule has 2 rings (SSSR count).